The van der Waals surface area contributed by atoms with Crippen molar-refractivity contribution in [3.8, 4) is 0 Å². The maximum Gasteiger partial charge on any atom is 0.330 e. The number of fused-ring (bicyclic) bond motifs is 1. The molecule has 0 bridgehead atoms. The molecule has 148 valence electrons. The lowest BCUT2D eigenvalue weighted by atomic mass is 10.0. The number of hydrogen-bond donors (Lipinski definition) is 2. The van der Waals surface area contributed by atoms with Crippen LogP contribution in [0.5, 0.6) is 0 Å². The highest BCUT2D eigenvalue weighted by molar-refractivity contribution is 5.76. The van der Waals surface area contributed by atoms with Gasteiger partial charge in [0, 0.05) is 6.54 Å². The molecule has 0 aromatic carbocycles. The number of nitrogen functional groups attached to an aromatic ring is 1. The number of carbonyl (C=O) groups is 1. The highest BCUT2D eigenvalue weighted by atomic mass is 16.6. The molecule has 2 aromatic rings. The highest BCUT2D eigenvalue weighted by Gasteiger charge is 2.30. The zero-order valence-electron chi connectivity index (χ0n) is 15.4. The zero-order valence-corrected chi connectivity index (χ0v) is 15.4. The van der Waals surface area contributed by atoms with Crippen LogP contribution < -0.4 is 11.3 Å². The number of hydrogen-bond acceptors (Lipinski definition) is 9. The van der Waals surface area contributed by atoms with Gasteiger partial charge in [0.25, 0.3) is 5.56 Å². The second kappa shape index (κ2) is 9.07. The molecule has 0 amide bonds. The molecule has 0 unspecified atom stereocenters. The molecule has 2 heterocycles. The van der Waals surface area contributed by atoms with Crippen LogP contribution in [0.15, 0.2) is 16.4 Å². The number of aromatic nitrogens is 4. The number of nitrogens with zero attached hydrogens (tertiary/aromatic N) is 5. The lowest BCUT2D eigenvalue weighted by Gasteiger charge is -2.26. The van der Waals surface area contributed by atoms with E-state index < -0.39 is 17.6 Å². The Morgan fingerprint density at radius 3 is 2.81 bits per heavy atom. The highest BCUT2D eigenvalue weighted by Crippen LogP contribution is 2.13. The fourth-order valence-electron chi connectivity index (χ4n) is 2.56. The van der Waals surface area contributed by atoms with Crippen LogP contribution >= 0.6 is 0 Å². The topological polar surface area (TPSA) is 158 Å². The van der Waals surface area contributed by atoms with Crippen molar-refractivity contribution in [3.05, 3.63) is 21.6 Å². The van der Waals surface area contributed by atoms with E-state index in [0.717, 1.165) is 5.01 Å². The van der Waals surface area contributed by atoms with Gasteiger partial charge >= 0.3 is 5.97 Å². The van der Waals surface area contributed by atoms with Gasteiger partial charge in [-0.2, -0.15) is 4.98 Å². The lowest BCUT2D eigenvalue weighted by molar-refractivity contribution is -0.153. The largest absolute Gasteiger partial charge is 0.462 e. The van der Waals surface area contributed by atoms with E-state index in [1.54, 1.807) is 20.8 Å². The van der Waals surface area contributed by atoms with Crippen molar-refractivity contribution in [1.29, 1.82) is 0 Å². The van der Waals surface area contributed by atoms with Gasteiger partial charge in [-0.3, -0.25) is 14.3 Å². The number of nitrogens with two attached hydrogens (primary N) is 1. The van der Waals surface area contributed by atoms with Gasteiger partial charge in [-0.15, -0.1) is 4.91 Å². The van der Waals surface area contributed by atoms with E-state index in [9.17, 15) is 14.5 Å². The zero-order chi connectivity index (χ0) is 20.0. The molecule has 0 spiro atoms. The van der Waals surface area contributed by atoms with Crippen LogP contribution in [0.4, 0.5) is 5.95 Å². The van der Waals surface area contributed by atoms with Crippen LogP contribution in [-0.2, 0) is 21.0 Å². The molecule has 2 rings (SSSR count). The summed E-state index contributed by atoms with van der Waals surface area (Å²) < 4.78 is 12.1. The third-order valence-electron chi connectivity index (χ3n) is 3.82. The third kappa shape index (κ3) is 4.78. The molecular weight excluding hydrogens is 358 g/mol. The lowest BCUT2D eigenvalue weighted by Crippen LogP contribution is -2.42. The monoisotopic (exact) mass is 381 g/mol. The average Bonchev–Trinajstić information content (AvgIpc) is 3.01. The Hall–Kier alpha value is -3.02. The first-order valence-electron chi connectivity index (χ1n) is 8.43. The number of likely N-dealkylation sites (N-methyl/N-ethyl adjacent to an activating group) is 1. The molecular formula is C15H23N7O5. The summed E-state index contributed by atoms with van der Waals surface area (Å²) in [5.74, 6) is -0.695. The van der Waals surface area contributed by atoms with Crippen molar-refractivity contribution in [2.75, 3.05) is 25.5 Å². The van der Waals surface area contributed by atoms with Crippen LogP contribution in [0, 0.1) is 10.8 Å². The molecule has 2 aromatic heterocycles. The minimum Gasteiger partial charge on any atom is -0.462 e. The first-order valence-corrected chi connectivity index (χ1v) is 8.43. The van der Waals surface area contributed by atoms with Crippen LogP contribution in [-0.4, -0.2) is 56.3 Å². The van der Waals surface area contributed by atoms with Gasteiger partial charge in [0.05, 0.1) is 18.2 Å². The van der Waals surface area contributed by atoms with E-state index in [-0.39, 0.29) is 37.3 Å². The summed E-state index contributed by atoms with van der Waals surface area (Å²) in [6, 6.07) is -0.746. The minimum atomic E-state index is -0.746. The number of aromatic amines is 1. The Balaban J connectivity index is 1.86. The van der Waals surface area contributed by atoms with Gasteiger partial charge < -0.3 is 15.2 Å². The molecule has 0 radical (unpaired) electrons. The fraction of sp³-hybridized carbons (Fsp3) is 0.600. The number of nitrogens with one attached hydrogen (secondary N) is 1. The van der Waals surface area contributed by atoms with Gasteiger partial charge in [-0.1, -0.05) is 13.8 Å². The van der Waals surface area contributed by atoms with Crippen LogP contribution in [0.25, 0.3) is 11.2 Å². The number of carbonyl (C=O) groups excluding carboxylic acids is 1. The van der Waals surface area contributed by atoms with Crippen molar-refractivity contribution >= 4 is 23.1 Å². The second-order valence-corrected chi connectivity index (χ2v) is 6.07. The number of rotatable bonds is 10. The predicted molar refractivity (Wildman–Crippen MR) is 96.3 cm³/mol. The van der Waals surface area contributed by atoms with Gasteiger partial charge in [0.1, 0.15) is 19.4 Å². The molecule has 27 heavy (non-hydrogen) atoms. The van der Waals surface area contributed by atoms with E-state index >= 15 is 0 Å². The minimum absolute atomic E-state index is 0.00124. The standard InChI is InChI=1S/C15H23N7O5/c1-4-22(20-25)11(9(2)3)14(24)27-6-5-26-8-21-7-17-10-12(21)18-15(16)19-13(10)23/h7,9,11H,4-6,8H2,1-3H3,(H3,16,18,19,23)/t11-/m0/s1. The fourth-order valence-corrected chi connectivity index (χ4v) is 2.56. The van der Waals surface area contributed by atoms with Gasteiger partial charge in [0.15, 0.2) is 11.2 Å². The molecule has 3 N–H and O–H groups in total. The maximum absolute atomic E-state index is 12.2. The van der Waals surface area contributed by atoms with Crippen LogP contribution in [0.3, 0.4) is 0 Å². The Kier molecular flexibility index (Phi) is 6.82. The Bertz CT molecular complexity index is 847. The van der Waals surface area contributed by atoms with Crippen molar-refractivity contribution in [3.63, 3.8) is 0 Å². The molecule has 0 saturated carbocycles. The molecule has 0 aliphatic rings. The average molecular weight is 381 g/mol. The molecule has 12 nitrogen and oxygen atoms in total. The summed E-state index contributed by atoms with van der Waals surface area (Å²) in [6.07, 6.45) is 1.40. The maximum atomic E-state index is 12.2. The van der Waals surface area contributed by atoms with E-state index in [1.807, 2.05) is 0 Å². The van der Waals surface area contributed by atoms with E-state index in [2.05, 4.69) is 20.2 Å². The number of imidazole rings is 1. The van der Waals surface area contributed by atoms with Crippen LogP contribution in [0.2, 0.25) is 0 Å². The van der Waals surface area contributed by atoms with Crippen molar-refractivity contribution in [1.82, 2.24) is 24.5 Å². The molecule has 1 atom stereocenters. The summed E-state index contributed by atoms with van der Waals surface area (Å²) in [5.41, 5.74) is 5.53. The van der Waals surface area contributed by atoms with Crippen molar-refractivity contribution in [2.24, 2.45) is 11.2 Å². The number of anilines is 1. The smallest absolute Gasteiger partial charge is 0.330 e. The third-order valence-corrected chi connectivity index (χ3v) is 3.82. The number of H-pyrrole nitrogens is 1. The quantitative estimate of drug-likeness (QED) is 0.254. The molecule has 0 fully saturated rings. The number of nitroso groups, excluding NO2 is 1. The van der Waals surface area contributed by atoms with E-state index in [4.69, 9.17) is 15.2 Å². The first-order chi connectivity index (χ1) is 12.9. The van der Waals surface area contributed by atoms with E-state index in [1.165, 1.54) is 10.9 Å². The molecule has 0 saturated heterocycles. The van der Waals surface area contributed by atoms with Crippen LogP contribution in [0.1, 0.15) is 20.8 Å². The summed E-state index contributed by atoms with van der Waals surface area (Å²) in [6.45, 7) is 5.81. The number of esters is 1. The summed E-state index contributed by atoms with van der Waals surface area (Å²) in [5, 5.41) is 4.02. The molecule has 12 heteroatoms. The van der Waals surface area contributed by atoms with Gasteiger partial charge in [-0.05, 0) is 12.8 Å². The van der Waals surface area contributed by atoms with E-state index in [0.29, 0.717) is 12.2 Å². The van der Waals surface area contributed by atoms with Gasteiger partial charge in [0.2, 0.25) is 5.95 Å². The number of ether oxygens (including phenoxy) is 2. The SMILES string of the molecule is CCN(N=O)[C@H](C(=O)OCCOCn1cnc2c(=O)[nH]c(N)nc21)C(C)C. The first kappa shape index (κ1) is 20.3. The molecule has 0 aliphatic heterocycles. The summed E-state index contributed by atoms with van der Waals surface area (Å²) in [7, 11) is 0. The predicted octanol–water partition coefficient (Wildman–Crippen LogP) is 0.247. The Morgan fingerprint density at radius 2 is 2.19 bits per heavy atom. The van der Waals surface area contributed by atoms with Crippen molar-refractivity contribution < 1.29 is 14.3 Å². The Morgan fingerprint density at radius 1 is 1.44 bits per heavy atom. The summed E-state index contributed by atoms with van der Waals surface area (Å²) >= 11 is 0. The second-order valence-electron chi connectivity index (χ2n) is 6.07. The normalized spacial score (nSPS) is 12.3. The van der Waals surface area contributed by atoms with Gasteiger partial charge in [-0.25, -0.2) is 14.8 Å². The Labute approximate surface area is 154 Å². The van der Waals surface area contributed by atoms with Crippen molar-refractivity contribution in [2.45, 2.75) is 33.5 Å². The molecule has 0 aliphatic carbocycles. The summed E-state index contributed by atoms with van der Waals surface area (Å²) in [4.78, 5) is 45.1.